The molecule has 112 valence electrons. The normalized spacial score (nSPS) is 11.6. The van der Waals surface area contributed by atoms with E-state index in [1.807, 2.05) is 0 Å². The summed E-state index contributed by atoms with van der Waals surface area (Å²) in [6.07, 6.45) is -3.96. The zero-order valence-corrected chi connectivity index (χ0v) is 11.1. The topological polar surface area (TPSA) is 63.3 Å². The van der Waals surface area contributed by atoms with Gasteiger partial charge in [0.1, 0.15) is 11.3 Å². The summed E-state index contributed by atoms with van der Waals surface area (Å²) in [5, 5.41) is 12.7. The van der Waals surface area contributed by atoms with E-state index in [9.17, 15) is 18.0 Å². The summed E-state index contributed by atoms with van der Waals surface area (Å²) in [5.41, 5.74) is -0.0593. The SMILES string of the molecule is Cc1onc(CCc2cccc(C(F)(F)F)c2)c1C(=O)O. The van der Waals surface area contributed by atoms with Gasteiger partial charge in [0.05, 0.1) is 11.3 Å². The second-order valence-corrected chi connectivity index (χ2v) is 4.56. The molecule has 1 aromatic carbocycles. The Hall–Kier alpha value is -2.31. The van der Waals surface area contributed by atoms with Crippen molar-refractivity contribution in [3.05, 3.63) is 52.4 Å². The number of aryl methyl sites for hydroxylation is 3. The molecule has 1 heterocycles. The summed E-state index contributed by atoms with van der Waals surface area (Å²) in [6, 6.07) is 4.92. The molecule has 0 amide bonds. The summed E-state index contributed by atoms with van der Waals surface area (Å²) in [4.78, 5) is 11.1. The van der Waals surface area contributed by atoms with E-state index in [-0.39, 0.29) is 29.9 Å². The molecule has 0 aliphatic rings. The van der Waals surface area contributed by atoms with Gasteiger partial charge in [-0.3, -0.25) is 0 Å². The third-order valence-electron chi connectivity index (χ3n) is 3.05. The van der Waals surface area contributed by atoms with E-state index in [1.165, 1.54) is 13.0 Å². The first-order valence-electron chi connectivity index (χ1n) is 6.13. The number of hydrogen-bond acceptors (Lipinski definition) is 3. The molecule has 0 atom stereocenters. The fourth-order valence-corrected chi connectivity index (χ4v) is 2.03. The van der Waals surface area contributed by atoms with Gasteiger partial charge >= 0.3 is 12.1 Å². The van der Waals surface area contributed by atoms with Gasteiger partial charge in [-0.05, 0) is 31.4 Å². The Kier molecular flexibility index (Phi) is 4.02. The lowest BCUT2D eigenvalue weighted by atomic mass is 10.0. The molecule has 4 nitrogen and oxygen atoms in total. The van der Waals surface area contributed by atoms with Crippen molar-refractivity contribution in [2.75, 3.05) is 0 Å². The molecule has 0 aliphatic heterocycles. The van der Waals surface area contributed by atoms with Gasteiger partial charge in [0.25, 0.3) is 0 Å². The minimum atomic E-state index is -4.40. The van der Waals surface area contributed by atoms with E-state index < -0.39 is 17.7 Å². The van der Waals surface area contributed by atoms with Crippen molar-refractivity contribution < 1.29 is 27.6 Å². The van der Waals surface area contributed by atoms with Gasteiger partial charge in [-0.25, -0.2) is 4.79 Å². The molecule has 1 N–H and O–H groups in total. The number of carbonyl (C=O) groups is 1. The van der Waals surface area contributed by atoms with Crippen molar-refractivity contribution in [3.63, 3.8) is 0 Å². The van der Waals surface area contributed by atoms with Crippen molar-refractivity contribution in [2.24, 2.45) is 0 Å². The second kappa shape index (κ2) is 5.59. The molecule has 2 aromatic rings. The van der Waals surface area contributed by atoms with E-state index in [0.29, 0.717) is 5.56 Å². The molecule has 0 saturated heterocycles. The second-order valence-electron chi connectivity index (χ2n) is 4.56. The number of rotatable bonds is 4. The van der Waals surface area contributed by atoms with Crippen LogP contribution in [0.3, 0.4) is 0 Å². The third kappa shape index (κ3) is 3.42. The van der Waals surface area contributed by atoms with Crippen LogP contribution in [0.1, 0.15) is 32.9 Å². The molecular weight excluding hydrogens is 287 g/mol. The van der Waals surface area contributed by atoms with Gasteiger partial charge in [-0.1, -0.05) is 23.4 Å². The van der Waals surface area contributed by atoms with Crippen LogP contribution in [0.5, 0.6) is 0 Å². The van der Waals surface area contributed by atoms with Crippen molar-refractivity contribution >= 4 is 5.97 Å². The van der Waals surface area contributed by atoms with Crippen LogP contribution in [0.4, 0.5) is 13.2 Å². The highest BCUT2D eigenvalue weighted by atomic mass is 19.4. The Morgan fingerprint density at radius 1 is 1.33 bits per heavy atom. The van der Waals surface area contributed by atoms with E-state index >= 15 is 0 Å². The minimum absolute atomic E-state index is 0.0259. The van der Waals surface area contributed by atoms with Crippen molar-refractivity contribution in [3.8, 4) is 0 Å². The maximum atomic E-state index is 12.6. The zero-order valence-electron chi connectivity index (χ0n) is 11.1. The summed E-state index contributed by atoms with van der Waals surface area (Å²) in [7, 11) is 0. The number of nitrogens with zero attached hydrogens (tertiary/aromatic N) is 1. The minimum Gasteiger partial charge on any atom is -0.477 e. The van der Waals surface area contributed by atoms with Crippen LogP contribution in [-0.4, -0.2) is 16.2 Å². The Labute approximate surface area is 118 Å². The highest BCUT2D eigenvalue weighted by Crippen LogP contribution is 2.29. The van der Waals surface area contributed by atoms with Gasteiger partial charge in [0, 0.05) is 0 Å². The van der Waals surface area contributed by atoms with Crippen LogP contribution < -0.4 is 0 Å². The predicted molar refractivity (Wildman–Crippen MR) is 67.1 cm³/mol. The number of hydrogen-bond donors (Lipinski definition) is 1. The van der Waals surface area contributed by atoms with Crippen molar-refractivity contribution in [2.45, 2.75) is 25.9 Å². The molecule has 21 heavy (non-hydrogen) atoms. The molecule has 0 bridgehead atoms. The van der Waals surface area contributed by atoms with E-state index in [2.05, 4.69) is 5.16 Å². The standard InChI is InChI=1S/C14H12F3NO3/c1-8-12(13(19)20)11(18-21-8)6-5-9-3-2-4-10(7-9)14(15,16)17/h2-4,7H,5-6H2,1H3,(H,19,20). The van der Waals surface area contributed by atoms with Gasteiger partial charge in [0.2, 0.25) is 0 Å². The Morgan fingerprint density at radius 2 is 2.05 bits per heavy atom. The van der Waals surface area contributed by atoms with Crippen LogP contribution in [0.2, 0.25) is 0 Å². The monoisotopic (exact) mass is 299 g/mol. The molecule has 0 saturated carbocycles. The first kappa shape index (κ1) is 15.1. The van der Waals surface area contributed by atoms with Crippen LogP contribution in [0, 0.1) is 6.92 Å². The number of carboxylic acid groups (broad SMARTS) is 1. The molecule has 0 radical (unpaired) electrons. The summed E-state index contributed by atoms with van der Waals surface area (Å²) < 4.78 is 42.6. The van der Waals surface area contributed by atoms with Gasteiger partial charge < -0.3 is 9.63 Å². The first-order chi connectivity index (χ1) is 9.79. The lowest BCUT2D eigenvalue weighted by Gasteiger charge is -2.08. The number of aromatic nitrogens is 1. The van der Waals surface area contributed by atoms with E-state index in [0.717, 1.165) is 12.1 Å². The number of carboxylic acids is 1. The molecule has 0 spiro atoms. The lowest BCUT2D eigenvalue weighted by molar-refractivity contribution is -0.137. The largest absolute Gasteiger partial charge is 0.477 e. The number of aromatic carboxylic acids is 1. The fourth-order valence-electron chi connectivity index (χ4n) is 2.03. The highest BCUT2D eigenvalue weighted by Gasteiger charge is 2.30. The third-order valence-corrected chi connectivity index (χ3v) is 3.05. The van der Waals surface area contributed by atoms with Gasteiger partial charge in [-0.15, -0.1) is 0 Å². The smallest absolute Gasteiger partial charge is 0.416 e. The van der Waals surface area contributed by atoms with Crippen LogP contribution in [0.25, 0.3) is 0 Å². The average molecular weight is 299 g/mol. The number of alkyl halides is 3. The lowest BCUT2D eigenvalue weighted by Crippen LogP contribution is -2.06. The summed E-state index contributed by atoms with van der Waals surface area (Å²) >= 11 is 0. The number of benzene rings is 1. The quantitative estimate of drug-likeness (QED) is 0.938. The molecule has 2 rings (SSSR count). The maximum Gasteiger partial charge on any atom is 0.416 e. The van der Waals surface area contributed by atoms with E-state index in [4.69, 9.17) is 9.63 Å². The maximum absolute atomic E-state index is 12.6. The summed E-state index contributed by atoms with van der Waals surface area (Å²) in [5.74, 6) is -0.977. The molecular formula is C14H12F3NO3. The fraction of sp³-hybridized carbons (Fsp3) is 0.286. The predicted octanol–water partition coefficient (Wildman–Crippen LogP) is 3.49. The van der Waals surface area contributed by atoms with Crippen LogP contribution in [-0.2, 0) is 19.0 Å². The molecule has 0 unspecified atom stereocenters. The molecule has 7 heteroatoms. The van der Waals surface area contributed by atoms with Crippen molar-refractivity contribution in [1.29, 1.82) is 0 Å². The molecule has 0 fully saturated rings. The summed E-state index contributed by atoms with van der Waals surface area (Å²) in [6.45, 7) is 1.48. The number of halogens is 3. The van der Waals surface area contributed by atoms with Crippen LogP contribution in [0.15, 0.2) is 28.8 Å². The Balaban J connectivity index is 2.16. The molecule has 1 aromatic heterocycles. The van der Waals surface area contributed by atoms with Crippen LogP contribution >= 0.6 is 0 Å². The highest BCUT2D eigenvalue weighted by molar-refractivity contribution is 5.89. The van der Waals surface area contributed by atoms with E-state index in [1.54, 1.807) is 6.07 Å². The van der Waals surface area contributed by atoms with Gasteiger partial charge in [0.15, 0.2) is 0 Å². The molecule has 0 aliphatic carbocycles. The van der Waals surface area contributed by atoms with Crippen molar-refractivity contribution in [1.82, 2.24) is 5.16 Å². The average Bonchev–Trinajstić information content (AvgIpc) is 2.77. The first-order valence-corrected chi connectivity index (χ1v) is 6.13. The zero-order chi connectivity index (χ0) is 15.6. The Morgan fingerprint density at radius 3 is 2.67 bits per heavy atom. The van der Waals surface area contributed by atoms with Gasteiger partial charge in [-0.2, -0.15) is 13.2 Å². The Bertz CT molecular complexity index is 662.